The molecule has 2 aromatic rings. The van der Waals surface area contributed by atoms with Crippen LogP contribution < -0.4 is 0 Å². The molecule has 26 heavy (non-hydrogen) atoms. The highest BCUT2D eigenvalue weighted by molar-refractivity contribution is 8.26. The number of amides is 1. The van der Waals surface area contributed by atoms with Crippen LogP contribution in [0.4, 0.5) is 0 Å². The smallest absolute Gasteiger partial charge is 0.331 e. The molecule has 2 aromatic carbocycles. The molecule has 1 amide bonds. The number of thioether (sulfide) groups is 1. The molecule has 0 saturated carbocycles. The predicted molar refractivity (Wildman–Crippen MR) is 108 cm³/mol. The molecule has 1 aliphatic heterocycles. The Morgan fingerprint density at radius 2 is 1.85 bits per heavy atom. The third-order valence-corrected chi connectivity index (χ3v) is 5.45. The maximum atomic E-state index is 12.8. The van der Waals surface area contributed by atoms with Gasteiger partial charge in [-0.2, -0.15) is 0 Å². The molecule has 0 bridgehead atoms. The SMILES string of the molecule is CCc1ccc(/C=C2/SC(=S)N([C@H](C(=O)O)c3ccccc3)C2=O)cc1. The van der Waals surface area contributed by atoms with Crippen LogP contribution in [0.3, 0.4) is 0 Å². The molecular weight excluding hydrogens is 366 g/mol. The molecule has 0 unspecified atom stereocenters. The lowest BCUT2D eigenvalue weighted by atomic mass is 10.1. The highest BCUT2D eigenvalue weighted by atomic mass is 32.2. The van der Waals surface area contributed by atoms with Crippen LogP contribution in [0.25, 0.3) is 6.08 Å². The van der Waals surface area contributed by atoms with E-state index in [0.29, 0.717) is 10.5 Å². The minimum absolute atomic E-state index is 0.252. The molecule has 1 atom stereocenters. The molecule has 132 valence electrons. The average molecular weight is 383 g/mol. The third kappa shape index (κ3) is 3.71. The van der Waals surface area contributed by atoms with E-state index in [2.05, 4.69) is 6.92 Å². The fraction of sp³-hybridized carbons (Fsp3) is 0.150. The summed E-state index contributed by atoms with van der Waals surface area (Å²) in [6.45, 7) is 2.08. The normalized spacial score (nSPS) is 17.0. The molecule has 1 fully saturated rings. The fourth-order valence-corrected chi connectivity index (χ4v) is 4.05. The number of carboxylic acid groups (broad SMARTS) is 1. The van der Waals surface area contributed by atoms with Gasteiger partial charge >= 0.3 is 5.97 Å². The van der Waals surface area contributed by atoms with E-state index in [-0.39, 0.29) is 10.2 Å². The number of benzene rings is 2. The van der Waals surface area contributed by atoms with Gasteiger partial charge in [0.1, 0.15) is 4.32 Å². The van der Waals surface area contributed by atoms with E-state index in [1.54, 1.807) is 36.4 Å². The predicted octanol–water partition coefficient (Wildman–Crippen LogP) is 4.28. The monoisotopic (exact) mass is 383 g/mol. The Labute approximate surface area is 161 Å². The van der Waals surface area contributed by atoms with E-state index in [4.69, 9.17) is 12.2 Å². The molecule has 0 aromatic heterocycles. The average Bonchev–Trinajstić information content (AvgIpc) is 2.91. The van der Waals surface area contributed by atoms with Crippen molar-refractivity contribution in [1.82, 2.24) is 4.90 Å². The maximum absolute atomic E-state index is 12.8. The number of thiocarbonyl (C=S) groups is 1. The second-order valence-corrected chi connectivity index (χ2v) is 7.47. The number of hydrogen-bond donors (Lipinski definition) is 1. The molecule has 4 nitrogen and oxygen atoms in total. The van der Waals surface area contributed by atoms with Gasteiger partial charge in [-0.25, -0.2) is 4.79 Å². The Kier molecular flexibility index (Phi) is 5.54. The number of carbonyl (C=O) groups is 2. The Bertz CT molecular complexity index is 876. The second kappa shape index (κ2) is 7.85. The van der Waals surface area contributed by atoms with Crippen molar-refractivity contribution in [2.75, 3.05) is 0 Å². The van der Waals surface area contributed by atoms with Crippen LogP contribution in [0, 0.1) is 0 Å². The van der Waals surface area contributed by atoms with E-state index in [0.717, 1.165) is 23.7 Å². The molecule has 0 spiro atoms. The first kappa shape index (κ1) is 18.4. The number of hydrogen-bond acceptors (Lipinski definition) is 4. The van der Waals surface area contributed by atoms with Gasteiger partial charge in [-0.3, -0.25) is 9.69 Å². The number of aliphatic carboxylic acids is 1. The van der Waals surface area contributed by atoms with E-state index in [1.165, 1.54) is 10.5 Å². The first-order valence-corrected chi connectivity index (χ1v) is 9.37. The minimum Gasteiger partial charge on any atom is -0.479 e. The molecule has 0 aliphatic carbocycles. The van der Waals surface area contributed by atoms with Crippen molar-refractivity contribution in [3.05, 3.63) is 76.2 Å². The van der Waals surface area contributed by atoms with Gasteiger partial charge in [0.2, 0.25) is 0 Å². The van der Waals surface area contributed by atoms with Crippen LogP contribution in [-0.4, -0.2) is 26.2 Å². The summed E-state index contributed by atoms with van der Waals surface area (Å²) < 4.78 is 0.252. The first-order valence-electron chi connectivity index (χ1n) is 8.15. The highest BCUT2D eigenvalue weighted by Crippen LogP contribution is 2.38. The highest BCUT2D eigenvalue weighted by Gasteiger charge is 2.41. The Balaban J connectivity index is 1.92. The summed E-state index contributed by atoms with van der Waals surface area (Å²) in [4.78, 5) is 26.3. The zero-order valence-electron chi connectivity index (χ0n) is 14.1. The molecular formula is C20H17NO3S2. The molecule has 1 aliphatic rings. The Hall–Kier alpha value is -2.44. The van der Waals surface area contributed by atoms with Gasteiger partial charge in [0.15, 0.2) is 6.04 Å². The van der Waals surface area contributed by atoms with Gasteiger partial charge in [0.25, 0.3) is 5.91 Å². The quantitative estimate of drug-likeness (QED) is 0.617. The van der Waals surface area contributed by atoms with E-state index in [1.807, 2.05) is 24.3 Å². The third-order valence-electron chi connectivity index (χ3n) is 4.12. The number of carbonyl (C=O) groups excluding carboxylic acids is 1. The zero-order valence-corrected chi connectivity index (χ0v) is 15.7. The van der Waals surface area contributed by atoms with Crippen LogP contribution in [0.15, 0.2) is 59.5 Å². The topological polar surface area (TPSA) is 57.6 Å². The number of carboxylic acids is 1. The van der Waals surface area contributed by atoms with Crippen molar-refractivity contribution in [2.24, 2.45) is 0 Å². The lowest BCUT2D eigenvalue weighted by Gasteiger charge is -2.23. The van der Waals surface area contributed by atoms with E-state index in [9.17, 15) is 14.7 Å². The van der Waals surface area contributed by atoms with Gasteiger partial charge in [-0.05, 0) is 29.2 Å². The van der Waals surface area contributed by atoms with Gasteiger partial charge in [0.05, 0.1) is 4.91 Å². The first-order chi connectivity index (χ1) is 12.5. The van der Waals surface area contributed by atoms with Gasteiger partial charge in [-0.15, -0.1) is 0 Å². The standard InChI is InChI=1S/C20H17NO3S2/c1-2-13-8-10-14(11-9-13)12-16-18(22)21(20(25)26-16)17(19(23)24)15-6-4-3-5-7-15/h3-12,17H,2H2,1H3,(H,23,24)/b16-12+/t17-/m0/s1. The van der Waals surface area contributed by atoms with Gasteiger partial charge in [0, 0.05) is 0 Å². The van der Waals surface area contributed by atoms with Crippen LogP contribution in [0.1, 0.15) is 29.7 Å². The molecule has 1 N–H and O–H groups in total. The molecule has 0 radical (unpaired) electrons. The van der Waals surface area contributed by atoms with Crippen molar-refractivity contribution in [2.45, 2.75) is 19.4 Å². The van der Waals surface area contributed by atoms with Crippen LogP contribution in [0.2, 0.25) is 0 Å². The lowest BCUT2D eigenvalue weighted by Crippen LogP contribution is -2.37. The largest absolute Gasteiger partial charge is 0.479 e. The van der Waals surface area contributed by atoms with Crippen molar-refractivity contribution in [3.8, 4) is 0 Å². The Morgan fingerprint density at radius 1 is 1.19 bits per heavy atom. The molecule has 1 heterocycles. The molecule has 6 heteroatoms. The summed E-state index contributed by atoms with van der Waals surface area (Å²) in [5.74, 6) is -1.49. The van der Waals surface area contributed by atoms with Crippen molar-refractivity contribution in [1.29, 1.82) is 0 Å². The van der Waals surface area contributed by atoms with E-state index < -0.39 is 12.0 Å². The number of nitrogens with zero attached hydrogens (tertiary/aromatic N) is 1. The minimum atomic E-state index is -1.13. The van der Waals surface area contributed by atoms with Crippen molar-refractivity contribution >= 4 is 46.3 Å². The summed E-state index contributed by atoms with van der Waals surface area (Å²) >= 11 is 6.44. The molecule has 1 saturated heterocycles. The zero-order chi connectivity index (χ0) is 18.7. The Morgan fingerprint density at radius 3 is 2.42 bits per heavy atom. The fourth-order valence-electron chi connectivity index (χ4n) is 2.74. The second-order valence-electron chi connectivity index (χ2n) is 5.80. The van der Waals surface area contributed by atoms with E-state index >= 15 is 0 Å². The summed E-state index contributed by atoms with van der Waals surface area (Å²) in [7, 11) is 0. The summed E-state index contributed by atoms with van der Waals surface area (Å²) in [5, 5.41) is 9.67. The van der Waals surface area contributed by atoms with Gasteiger partial charge in [-0.1, -0.05) is 85.5 Å². The molecule has 3 rings (SSSR count). The maximum Gasteiger partial charge on any atom is 0.331 e. The van der Waals surface area contributed by atoms with Crippen molar-refractivity contribution < 1.29 is 14.7 Å². The van der Waals surface area contributed by atoms with Crippen molar-refractivity contribution in [3.63, 3.8) is 0 Å². The lowest BCUT2D eigenvalue weighted by molar-refractivity contribution is -0.145. The van der Waals surface area contributed by atoms with Crippen LogP contribution in [-0.2, 0) is 16.0 Å². The summed E-state index contributed by atoms with van der Waals surface area (Å²) in [5.41, 5.74) is 2.61. The summed E-state index contributed by atoms with van der Waals surface area (Å²) in [6, 6.07) is 15.4. The summed E-state index contributed by atoms with van der Waals surface area (Å²) in [6.07, 6.45) is 2.70. The number of rotatable bonds is 5. The van der Waals surface area contributed by atoms with Gasteiger partial charge < -0.3 is 5.11 Å². The van der Waals surface area contributed by atoms with Crippen LogP contribution >= 0.6 is 24.0 Å². The number of aryl methyl sites for hydroxylation is 1. The van der Waals surface area contributed by atoms with Crippen LogP contribution in [0.5, 0.6) is 0 Å².